The van der Waals surface area contributed by atoms with E-state index in [0.717, 1.165) is 22.7 Å². The third-order valence-electron chi connectivity index (χ3n) is 3.74. The lowest BCUT2D eigenvalue weighted by atomic mass is 10.1. The summed E-state index contributed by atoms with van der Waals surface area (Å²) in [5.74, 6) is 1.64. The molecule has 0 fully saturated rings. The smallest absolute Gasteiger partial charge is 0.231 e. The van der Waals surface area contributed by atoms with E-state index in [1.165, 1.54) is 0 Å². The van der Waals surface area contributed by atoms with Crippen molar-refractivity contribution >= 4 is 11.6 Å². The Kier molecular flexibility index (Phi) is 4.00. The summed E-state index contributed by atoms with van der Waals surface area (Å²) in [6.07, 6.45) is 0.361. The molecular formula is C18H19NO3. The molecule has 2 aromatic carbocycles. The van der Waals surface area contributed by atoms with Crippen LogP contribution in [0.1, 0.15) is 12.5 Å². The van der Waals surface area contributed by atoms with Gasteiger partial charge in [0.15, 0.2) is 0 Å². The summed E-state index contributed by atoms with van der Waals surface area (Å²) < 4.78 is 10.9. The van der Waals surface area contributed by atoms with Gasteiger partial charge < -0.3 is 14.4 Å². The molecule has 0 bridgehead atoms. The lowest BCUT2D eigenvalue weighted by molar-refractivity contribution is -0.118. The van der Waals surface area contributed by atoms with Crippen molar-refractivity contribution in [3.8, 4) is 11.5 Å². The number of fused-ring (bicyclic) bond motifs is 1. The van der Waals surface area contributed by atoms with Crippen LogP contribution in [0.2, 0.25) is 0 Å². The maximum Gasteiger partial charge on any atom is 0.231 e. The molecule has 0 spiro atoms. The highest BCUT2D eigenvalue weighted by atomic mass is 16.5. The molecule has 1 amide bonds. The minimum Gasteiger partial charge on any atom is -0.497 e. The Morgan fingerprint density at radius 3 is 2.68 bits per heavy atom. The molecular weight excluding hydrogens is 278 g/mol. The second-order valence-corrected chi connectivity index (χ2v) is 5.43. The molecule has 0 aliphatic carbocycles. The van der Waals surface area contributed by atoms with Gasteiger partial charge in [0.2, 0.25) is 5.91 Å². The number of amides is 1. The zero-order chi connectivity index (χ0) is 15.5. The number of anilines is 1. The number of methoxy groups -OCH3 is 1. The van der Waals surface area contributed by atoms with Crippen molar-refractivity contribution in [1.29, 1.82) is 0 Å². The number of hydrogen-bond acceptors (Lipinski definition) is 3. The topological polar surface area (TPSA) is 38.8 Å². The highest BCUT2D eigenvalue weighted by Gasteiger charge is 2.27. The Morgan fingerprint density at radius 1 is 1.23 bits per heavy atom. The fourth-order valence-corrected chi connectivity index (χ4v) is 2.64. The lowest BCUT2D eigenvalue weighted by Gasteiger charge is -2.33. The first-order chi connectivity index (χ1) is 10.7. The molecule has 4 nitrogen and oxygen atoms in total. The summed E-state index contributed by atoms with van der Waals surface area (Å²) in [6, 6.07) is 15.3. The van der Waals surface area contributed by atoms with E-state index in [1.807, 2.05) is 60.4 Å². The molecule has 0 aromatic heterocycles. The molecule has 1 aliphatic rings. The molecule has 1 aliphatic heterocycles. The standard InChI is InChI=1S/C18H19NO3/c1-13-12-19(16-5-3-4-6-17(16)22-13)18(20)11-14-7-9-15(21-2)10-8-14/h3-10,13H,11-12H2,1-2H3. The lowest BCUT2D eigenvalue weighted by Crippen LogP contribution is -2.43. The highest BCUT2D eigenvalue weighted by Crippen LogP contribution is 2.33. The van der Waals surface area contributed by atoms with Gasteiger partial charge >= 0.3 is 0 Å². The Labute approximate surface area is 130 Å². The van der Waals surface area contributed by atoms with Gasteiger partial charge in [0, 0.05) is 0 Å². The molecule has 114 valence electrons. The zero-order valence-electron chi connectivity index (χ0n) is 12.8. The number of hydrogen-bond donors (Lipinski definition) is 0. The molecule has 0 saturated carbocycles. The molecule has 1 atom stereocenters. The third-order valence-corrected chi connectivity index (χ3v) is 3.74. The first-order valence-corrected chi connectivity index (χ1v) is 7.36. The minimum atomic E-state index is -0.00489. The van der Waals surface area contributed by atoms with Crippen LogP contribution in [-0.4, -0.2) is 25.7 Å². The second-order valence-electron chi connectivity index (χ2n) is 5.43. The number of carbonyl (C=O) groups excluding carboxylic acids is 1. The minimum absolute atomic E-state index is 0.00489. The Hall–Kier alpha value is -2.49. The van der Waals surface area contributed by atoms with Gasteiger partial charge in [-0.2, -0.15) is 0 Å². The number of ether oxygens (including phenoxy) is 2. The maximum atomic E-state index is 12.7. The van der Waals surface area contributed by atoms with Crippen LogP contribution in [0.25, 0.3) is 0 Å². The van der Waals surface area contributed by atoms with Crippen LogP contribution < -0.4 is 14.4 Å². The zero-order valence-corrected chi connectivity index (χ0v) is 12.8. The molecule has 2 aromatic rings. The summed E-state index contributed by atoms with van der Waals surface area (Å²) in [5.41, 5.74) is 1.82. The number of carbonyl (C=O) groups is 1. The van der Waals surface area contributed by atoms with Crippen molar-refractivity contribution in [1.82, 2.24) is 0 Å². The molecule has 0 N–H and O–H groups in total. The molecule has 1 heterocycles. The van der Waals surface area contributed by atoms with Crippen LogP contribution in [-0.2, 0) is 11.2 Å². The van der Waals surface area contributed by atoms with Crippen LogP contribution in [0.5, 0.6) is 11.5 Å². The summed E-state index contributed by atoms with van der Waals surface area (Å²) in [6.45, 7) is 2.55. The van der Waals surface area contributed by atoms with Crippen LogP contribution in [0, 0.1) is 0 Å². The molecule has 0 radical (unpaired) electrons. The van der Waals surface area contributed by atoms with E-state index in [-0.39, 0.29) is 12.0 Å². The first-order valence-electron chi connectivity index (χ1n) is 7.36. The van der Waals surface area contributed by atoms with Crippen LogP contribution in [0.3, 0.4) is 0 Å². The molecule has 1 unspecified atom stereocenters. The van der Waals surface area contributed by atoms with Gasteiger partial charge in [-0.1, -0.05) is 24.3 Å². The fourth-order valence-electron chi connectivity index (χ4n) is 2.64. The molecule has 22 heavy (non-hydrogen) atoms. The third kappa shape index (κ3) is 2.91. The summed E-state index contributed by atoms with van der Waals surface area (Å²) >= 11 is 0. The molecule has 4 heteroatoms. The number of rotatable bonds is 3. The van der Waals surface area contributed by atoms with Crippen molar-refractivity contribution in [3.05, 3.63) is 54.1 Å². The van der Waals surface area contributed by atoms with E-state index in [2.05, 4.69) is 0 Å². The Morgan fingerprint density at radius 2 is 1.95 bits per heavy atom. The average Bonchev–Trinajstić information content (AvgIpc) is 2.54. The van der Waals surface area contributed by atoms with Gasteiger partial charge in [0.25, 0.3) is 0 Å². The van der Waals surface area contributed by atoms with Gasteiger partial charge in [-0.3, -0.25) is 4.79 Å². The van der Waals surface area contributed by atoms with Gasteiger partial charge in [0.05, 0.1) is 25.8 Å². The van der Waals surface area contributed by atoms with Crippen LogP contribution >= 0.6 is 0 Å². The van der Waals surface area contributed by atoms with Crippen molar-refractivity contribution < 1.29 is 14.3 Å². The predicted octanol–water partition coefficient (Wildman–Crippen LogP) is 3.05. The van der Waals surface area contributed by atoms with Crippen molar-refractivity contribution in [2.24, 2.45) is 0 Å². The fraction of sp³-hybridized carbons (Fsp3) is 0.278. The van der Waals surface area contributed by atoms with Crippen molar-refractivity contribution in [2.75, 3.05) is 18.6 Å². The van der Waals surface area contributed by atoms with E-state index in [9.17, 15) is 4.79 Å². The second kappa shape index (κ2) is 6.10. The number of benzene rings is 2. The predicted molar refractivity (Wildman–Crippen MR) is 85.6 cm³/mol. The van der Waals surface area contributed by atoms with Gasteiger partial charge in [-0.05, 0) is 36.8 Å². The van der Waals surface area contributed by atoms with Crippen molar-refractivity contribution in [2.45, 2.75) is 19.4 Å². The van der Waals surface area contributed by atoms with E-state index < -0.39 is 0 Å². The highest BCUT2D eigenvalue weighted by molar-refractivity contribution is 5.96. The van der Waals surface area contributed by atoms with E-state index in [1.54, 1.807) is 7.11 Å². The van der Waals surface area contributed by atoms with Crippen molar-refractivity contribution in [3.63, 3.8) is 0 Å². The summed E-state index contributed by atoms with van der Waals surface area (Å²) in [4.78, 5) is 14.5. The summed E-state index contributed by atoms with van der Waals surface area (Å²) in [5, 5.41) is 0. The normalized spacial score (nSPS) is 16.6. The van der Waals surface area contributed by atoms with Gasteiger partial charge in [-0.25, -0.2) is 0 Å². The average molecular weight is 297 g/mol. The van der Waals surface area contributed by atoms with Crippen LogP contribution in [0.15, 0.2) is 48.5 Å². The van der Waals surface area contributed by atoms with E-state index in [0.29, 0.717) is 13.0 Å². The first kappa shape index (κ1) is 14.4. The summed E-state index contributed by atoms with van der Waals surface area (Å²) in [7, 11) is 1.63. The van der Waals surface area contributed by atoms with Gasteiger partial charge in [-0.15, -0.1) is 0 Å². The Bertz CT molecular complexity index is 666. The maximum absolute atomic E-state index is 12.7. The Balaban J connectivity index is 1.79. The number of para-hydroxylation sites is 2. The quantitative estimate of drug-likeness (QED) is 0.874. The molecule has 3 rings (SSSR count). The SMILES string of the molecule is COc1ccc(CC(=O)N2CC(C)Oc3ccccc32)cc1. The molecule has 0 saturated heterocycles. The van der Waals surface area contributed by atoms with E-state index in [4.69, 9.17) is 9.47 Å². The van der Waals surface area contributed by atoms with Gasteiger partial charge in [0.1, 0.15) is 17.6 Å². The number of nitrogens with zero attached hydrogens (tertiary/aromatic N) is 1. The van der Waals surface area contributed by atoms with E-state index >= 15 is 0 Å². The largest absolute Gasteiger partial charge is 0.497 e. The van der Waals surface area contributed by atoms with Crippen LogP contribution in [0.4, 0.5) is 5.69 Å². The monoisotopic (exact) mass is 297 g/mol.